The molecule has 0 aliphatic heterocycles. The molecule has 1 atom stereocenters. The number of anilines is 1. The first-order chi connectivity index (χ1) is 17.1. The van der Waals surface area contributed by atoms with Gasteiger partial charge >= 0.3 is 5.97 Å². The summed E-state index contributed by atoms with van der Waals surface area (Å²) in [4.78, 5) is 37.9. The zero-order valence-corrected chi connectivity index (χ0v) is 18.8. The van der Waals surface area contributed by atoms with Gasteiger partial charge in [-0.2, -0.15) is 0 Å². The van der Waals surface area contributed by atoms with Crippen LogP contribution >= 0.6 is 0 Å². The number of furan rings is 1. The van der Waals surface area contributed by atoms with E-state index in [0.29, 0.717) is 17.7 Å². The molecule has 35 heavy (non-hydrogen) atoms. The Morgan fingerprint density at radius 1 is 0.800 bits per heavy atom. The molecule has 1 aromatic heterocycles. The van der Waals surface area contributed by atoms with Gasteiger partial charge in [-0.15, -0.1) is 0 Å². The molecule has 2 N–H and O–H groups in total. The molecule has 0 saturated carbocycles. The highest BCUT2D eigenvalue weighted by molar-refractivity contribution is 5.96. The Morgan fingerprint density at radius 2 is 1.49 bits per heavy atom. The fourth-order valence-electron chi connectivity index (χ4n) is 3.55. The molecule has 7 heteroatoms. The number of hydrogen-bond acceptors (Lipinski definition) is 5. The number of benzene rings is 3. The number of carbonyl (C=O) groups excluding carboxylic acids is 3. The summed E-state index contributed by atoms with van der Waals surface area (Å²) in [6, 6.07) is 28.0. The zero-order valence-electron chi connectivity index (χ0n) is 18.8. The lowest BCUT2D eigenvalue weighted by molar-refractivity contribution is -0.149. The largest absolute Gasteiger partial charge is 0.459 e. The summed E-state index contributed by atoms with van der Waals surface area (Å²) in [5, 5.41) is 5.42. The van der Waals surface area contributed by atoms with E-state index in [1.165, 1.54) is 12.3 Å². The molecule has 0 fully saturated rings. The van der Waals surface area contributed by atoms with Crippen molar-refractivity contribution in [3.05, 3.63) is 126 Å². The Morgan fingerprint density at radius 3 is 2.20 bits per heavy atom. The SMILES string of the molecule is O=C(COC(=O)C(NC(=O)c1ccco1)c1ccccc1)Nc1ccccc1Cc1ccccc1. The summed E-state index contributed by atoms with van der Waals surface area (Å²) in [5.41, 5.74) is 3.21. The van der Waals surface area contributed by atoms with Gasteiger partial charge in [-0.25, -0.2) is 4.79 Å². The van der Waals surface area contributed by atoms with Crippen molar-refractivity contribution < 1.29 is 23.5 Å². The topological polar surface area (TPSA) is 97.6 Å². The molecule has 0 saturated heterocycles. The second-order valence-corrected chi connectivity index (χ2v) is 7.77. The summed E-state index contributed by atoms with van der Waals surface area (Å²) in [6.45, 7) is -0.502. The second-order valence-electron chi connectivity index (χ2n) is 7.77. The van der Waals surface area contributed by atoms with Gasteiger partial charge in [0.15, 0.2) is 18.4 Å². The number of esters is 1. The number of nitrogens with one attached hydrogen (secondary N) is 2. The van der Waals surface area contributed by atoms with E-state index in [0.717, 1.165) is 11.1 Å². The second kappa shape index (κ2) is 11.5. The smallest absolute Gasteiger partial charge is 0.333 e. The Balaban J connectivity index is 1.40. The van der Waals surface area contributed by atoms with E-state index in [9.17, 15) is 14.4 Å². The first kappa shape index (κ1) is 23.5. The third-order valence-electron chi connectivity index (χ3n) is 5.26. The van der Waals surface area contributed by atoms with Crippen molar-refractivity contribution in [2.75, 3.05) is 11.9 Å². The predicted octanol–water partition coefficient (Wildman–Crippen LogP) is 4.52. The van der Waals surface area contributed by atoms with Crippen molar-refractivity contribution in [3.8, 4) is 0 Å². The maximum atomic E-state index is 12.9. The van der Waals surface area contributed by atoms with Gasteiger partial charge in [-0.3, -0.25) is 9.59 Å². The van der Waals surface area contributed by atoms with Gasteiger partial charge in [0.25, 0.3) is 11.8 Å². The normalized spacial score (nSPS) is 11.3. The first-order valence-electron chi connectivity index (χ1n) is 11.1. The van der Waals surface area contributed by atoms with Crippen LogP contribution in [-0.4, -0.2) is 24.4 Å². The zero-order chi connectivity index (χ0) is 24.5. The van der Waals surface area contributed by atoms with Crippen molar-refractivity contribution >= 4 is 23.5 Å². The fourth-order valence-corrected chi connectivity index (χ4v) is 3.55. The molecule has 0 aliphatic carbocycles. The van der Waals surface area contributed by atoms with Crippen molar-refractivity contribution in [1.29, 1.82) is 0 Å². The highest BCUT2D eigenvalue weighted by Crippen LogP contribution is 2.20. The summed E-state index contributed by atoms with van der Waals surface area (Å²) in [5.74, 6) is -1.75. The summed E-state index contributed by atoms with van der Waals surface area (Å²) in [6.07, 6.45) is 2.01. The quantitative estimate of drug-likeness (QED) is 0.352. The van der Waals surface area contributed by atoms with E-state index in [2.05, 4.69) is 10.6 Å². The molecule has 0 bridgehead atoms. The summed E-state index contributed by atoms with van der Waals surface area (Å²) < 4.78 is 10.4. The van der Waals surface area contributed by atoms with Crippen LogP contribution in [0.4, 0.5) is 5.69 Å². The lowest BCUT2D eigenvalue weighted by atomic mass is 10.0. The molecule has 0 radical (unpaired) electrons. The van der Waals surface area contributed by atoms with Gasteiger partial charge in [-0.05, 0) is 41.3 Å². The molecule has 0 spiro atoms. The van der Waals surface area contributed by atoms with Crippen LogP contribution in [0.3, 0.4) is 0 Å². The van der Waals surface area contributed by atoms with Gasteiger partial charge in [0.2, 0.25) is 0 Å². The molecule has 4 rings (SSSR count). The van der Waals surface area contributed by atoms with Crippen molar-refractivity contribution in [3.63, 3.8) is 0 Å². The molecule has 0 aliphatic rings. The minimum Gasteiger partial charge on any atom is -0.459 e. The third-order valence-corrected chi connectivity index (χ3v) is 5.26. The Bertz CT molecular complexity index is 1270. The number of rotatable bonds is 9. The van der Waals surface area contributed by atoms with Crippen LogP contribution in [0.5, 0.6) is 0 Å². The molecule has 1 heterocycles. The van der Waals surface area contributed by atoms with E-state index in [1.54, 1.807) is 42.5 Å². The number of carbonyl (C=O) groups is 3. The van der Waals surface area contributed by atoms with Gasteiger partial charge in [0.1, 0.15) is 0 Å². The van der Waals surface area contributed by atoms with Crippen molar-refractivity contribution in [2.45, 2.75) is 12.5 Å². The molecule has 176 valence electrons. The Hall–Kier alpha value is -4.65. The van der Waals surface area contributed by atoms with Gasteiger partial charge < -0.3 is 19.8 Å². The highest BCUT2D eigenvalue weighted by Gasteiger charge is 2.26. The van der Waals surface area contributed by atoms with Gasteiger partial charge in [0, 0.05) is 5.69 Å². The lowest BCUT2D eigenvalue weighted by Crippen LogP contribution is -2.36. The molecule has 4 aromatic rings. The van der Waals surface area contributed by atoms with Crippen molar-refractivity contribution in [1.82, 2.24) is 5.32 Å². The van der Waals surface area contributed by atoms with Gasteiger partial charge in [0.05, 0.1) is 6.26 Å². The Kier molecular flexibility index (Phi) is 7.70. The lowest BCUT2D eigenvalue weighted by Gasteiger charge is -2.18. The number of ether oxygens (including phenoxy) is 1. The van der Waals surface area contributed by atoms with E-state index >= 15 is 0 Å². The van der Waals surface area contributed by atoms with E-state index in [-0.39, 0.29) is 5.76 Å². The van der Waals surface area contributed by atoms with Crippen LogP contribution in [0.1, 0.15) is 33.3 Å². The van der Waals surface area contributed by atoms with Crippen LogP contribution in [0.15, 0.2) is 108 Å². The van der Waals surface area contributed by atoms with Gasteiger partial charge in [-0.1, -0.05) is 78.9 Å². The van der Waals surface area contributed by atoms with Crippen LogP contribution in [-0.2, 0) is 20.7 Å². The summed E-state index contributed by atoms with van der Waals surface area (Å²) >= 11 is 0. The maximum absolute atomic E-state index is 12.9. The average Bonchev–Trinajstić information content (AvgIpc) is 3.43. The number of hydrogen-bond donors (Lipinski definition) is 2. The molecular weight excluding hydrogens is 444 g/mol. The van der Waals surface area contributed by atoms with Crippen LogP contribution in [0.2, 0.25) is 0 Å². The van der Waals surface area contributed by atoms with E-state index in [1.807, 2.05) is 48.5 Å². The number of para-hydroxylation sites is 1. The predicted molar refractivity (Wildman–Crippen MR) is 131 cm³/mol. The van der Waals surface area contributed by atoms with Crippen LogP contribution in [0, 0.1) is 0 Å². The molecule has 3 aromatic carbocycles. The average molecular weight is 469 g/mol. The van der Waals surface area contributed by atoms with E-state index in [4.69, 9.17) is 9.15 Å². The minimum atomic E-state index is -1.10. The Labute approximate surface area is 202 Å². The number of amides is 2. The molecule has 7 nitrogen and oxygen atoms in total. The van der Waals surface area contributed by atoms with Crippen molar-refractivity contribution in [2.24, 2.45) is 0 Å². The first-order valence-corrected chi connectivity index (χ1v) is 11.1. The standard InChI is InChI=1S/C28H24N2O5/c31-25(29-23-15-8-7-14-22(23)18-20-10-3-1-4-11-20)19-35-28(33)26(21-12-5-2-6-13-21)30-27(32)24-16-9-17-34-24/h1-17,26H,18-19H2,(H,29,31)(H,30,32). The summed E-state index contributed by atoms with van der Waals surface area (Å²) in [7, 11) is 0. The fraction of sp³-hybridized carbons (Fsp3) is 0.107. The molecular formula is C28H24N2O5. The van der Waals surface area contributed by atoms with E-state index < -0.39 is 30.4 Å². The minimum absolute atomic E-state index is 0.0616. The van der Waals surface area contributed by atoms with Crippen LogP contribution in [0.25, 0.3) is 0 Å². The highest BCUT2D eigenvalue weighted by atomic mass is 16.5. The monoisotopic (exact) mass is 468 g/mol. The third kappa shape index (κ3) is 6.45. The maximum Gasteiger partial charge on any atom is 0.333 e. The molecule has 1 unspecified atom stereocenters. The molecule has 2 amide bonds. The van der Waals surface area contributed by atoms with Crippen LogP contribution < -0.4 is 10.6 Å².